The number of piperidine rings is 1. The maximum absolute atomic E-state index is 5.37. The quantitative estimate of drug-likeness (QED) is 0.260. The topological polar surface area (TPSA) is 53.0 Å². The molecule has 32 heavy (non-hydrogen) atoms. The first-order chi connectivity index (χ1) is 15.1. The molecule has 1 aliphatic rings. The summed E-state index contributed by atoms with van der Waals surface area (Å²) in [5, 5.41) is 6.51. The summed E-state index contributed by atoms with van der Waals surface area (Å²) in [5.74, 6) is 0.897. The van der Waals surface area contributed by atoms with Gasteiger partial charge < -0.3 is 15.0 Å². The van der Waals surface area contributed by atoms with Crippen LogP contribution >= 0.6 is 35.3 Å². The standard InChI is InChI=1S/C24H37N5OS.HI/c1-5-25-24(28(3)17-22-18-31-23(27-22)19(2)30-4)26-15-20-9-11-21(12-10-20)16-29-13-7-6-8-14-29;/h9-12,18-19H,5-8,13-17H2,1-4H3,(H,25,26);1H. The lowest BCUT2D eigenvalue weighted by Gasteiger charge is -2.26. The number of benzene rings is 1. The minimum Gasteiger partial charge on any atom is -0.375 e. The Morgan fingerprint density at radius 2 is 1.91 bits per heavy atom. The summed E-state index contributed by atoms with van der Waals surface area (Å²) in [6.07, 6.45) is 4.08. The van der Waals surface area contributed by atoms with Crippen LogP contribution in [-0.4, -0.2) is 54.5 Å². The molecule has 1 aromatic carbocycles. The molecule has 178 valence electrons. The minimum absolute atomic E-state index is 0. The van der Waals surface area contributed by atoms with Gasteiger partial charge in [0, 0.05) is 32.6 Å². The number of ether oxygens (including phenoxy) is 1. The average molecular weight is 572 g/mol. The molecule has 3 rings (SSSR count). The van der Waals surface area contributed by atoms with Crippen LogP contribution in [0.15, 0.2) is 34.6 Å². The highest BCUT2D eigenvalue weighted by atomic mass is 127. The summed E-state index contributed by atoms with van der Waals surface area (Å²) in [6, 6.07) is 8.93. The molecular weight excluding hydrogens is 533 g/mol. The lowest BCUT2D eigenvalue weighted by atomic mass is 10.1. The van der Waals surface area contributed by atoms with Gasteiger partial charge in [-0.15, -0.1) is 35.3 Å². The van der Waals surface area contributed by atoms with Crippen molar-refractivity contribution in [3.63, 3.8) is 0 Å². The van der Waals surface area contributed by atoms with Crippen molar-refractivity contribution in [1.29, 1.82) is 0 Å². The molecule has 0 spiro atoms. The number of aliphatic imine (C=N–C) groups is 1. The lowest BCUT2D eigenvalue weighted by Crippen LogP contribution is -2.38. The van der Waals surface area contributed by atoms with Crippen molar-refractivity contribution >= 4 is 41.3 Å². The Kier molecular flexibility index (Phi) is 11.9. The molecule has 0 saturated carbocycles. The number of hydrogen-bond acceptors (Lipinski definition) is 5. The maximum Gasteiger partial charge on any atom is 0.194 e. The molecule has 1 aromatic heterocycles. The fourth-order valence-corrected chi connectivity index (χ4v) is 4.60. The maximum atomic E-state index is 5.37. The van der Waals surface area contributed by atoms with Crippen LogP contribution in [0.1, 0.15) is 61.0 Å². The molecule has 1 unspecified atom stereocenters. The second-order valence-electron chi connectivity index (χ2n) is 8.23. The lowest BCUT2D eigenvalue weighted by molar-refractivity contribution is 0.119. The summed E-state index contributed by atoms with van der Waals surface area (Å²) in [6.45, 7) is 9.86. The summed E-state index contributed by atoms with van der Waals surface area (Å²) < 4.78 is 5.37. The molecular formula is C24H38IN5OS. The molecule has 1 aliphatic heterocycles. The number of nitrogens with one attached hydrogen (secondary N) is 1. The second-order valence-corrected chi connectivity index (χ2v) is 9.12. The number of guanidine groups is 1. The van der Waals surface area contributed by atoms with Gasteiger partial charge in [-0.05, 0) is 50.9 Å². The van der Waals surface area contributed by atoms with Gasteiger partial charge in [0.2, 0.25) is 0 Å². The number of nitrogens with zero attached hydrogens (tertiary/aromatic N) is 4. The Hall–Kier alpha value is -1.23. The van der Waals surface area contributed by atoms with Gasteiger partial charge in [0.25, 0.3) is 0 Å². The van der Waals surface area contributed by atoms with Gasteiger partial charge in [0.05, 0.1) is 18.8 Å². The molecule has 0 aliphatic carbocycles. The number of likely N-dealkylation sites (tertiary alicyclic amines) is 1. The number of thiazole rings is 1. The van der Waals surface area contributed by atoms with E-state index in [1.807, 2.05) is 6.92 Å². The number of aromatic nitrogens is 1. The van der Waals surface area contributed by atoms with Gasteiger partial charge in [-0.3, -0.25) is 4.90 Å². The molecule has 2 aromatic rings. The van der Waals surface area contributed by atoms with Crippen LogP contribution in [0.25, 0.3) is 0 Å². The third-order valence-electron chi connectivity index (χ3n) is 5.66. The molecule has 1 saturated heterocycles. The van der Waals surface area contributed by atoms with E-state index in [4.69, 9.17) is 14.7 Å². The van der Waals surface area contributed by atoms with Gasteiger partial charge in [-0.1, -0.05) is 30.7 Å². The zero-order valence-electron chi connectivity index (χ0n) is 19.8. The third-order valence-corrected chi connectivity index (χ3v) is 6.71. The SMILES string of the molecule is CCNC(=NCc1ccc(CN2CCCCC2)cc1)N(C)Cc1csc(C(C)OC)n1.I. The largest absolute Gasteiger partial charge is 0.375 e. The van der Waals surface area contributed by atoms with E-state index in [9.17, 15) is 0 Å². The first kappa shape index (κ1) is 27.0. The van der Waals surface area contributed by atoms with E-state index in [1.54, 1.807) is 18.4 Å². The number of rotatable bonds is 9. The molecule has 0 amide bonds. The highest BCUT2D eigenvalue weighted by molar-refractivity contribution is 14.0. The predicted molar refractivity (Wildman–Crippen MR) is 145 cm³/mol. The van der Waals surface area contributed by atoms with E-state index in [0.717, 1.165) is 29.8 Å². The Bertz CT molecular complexity index is 820. The van der Waals surface area contributed by atoms with Crippen molar-refractivity contribution < 1.29 is 4.74 Å². The van der Waals surface area contributed by atoms with Gasteiger partial charge in [-0.2, -0.15) is 0 Å². The van der Waals surface area contributed by atoms with Crippen LogP contribution in [0.3, 0.4) is 0 Å². The van der Waals surface area contributed by atoms with Crippen LogP contribution in [0.5, 0.6) is 0 Å². The Morgan fingerprint density at radius 1 is 1.22 bits per heavy atom. The van der Waals surface area contributed by atoms with Gasteiger partial charge in [0.1, 0.15) is 11.1 Å². The van der Waals surface area contributed by atoms with Crippen molar-refractivity contribution in [2.45, 2.75) is 58.8 Å². The van der Waals surface area contributed by atoms with Crippen LogP contribution in [-0.2, 0) is 24.4 Å². The van der Waals surface area contributed by atoms with Gasteiger partial charge in [-0.25, -0.2) is 9.98 Å². The first-order valence-corrected chi connectivity index (χ1v) is 12.2. The minimum atomic E-state index is 0. The zero-order valence-corrected chi connectivity index (χ0v) is 23.0. The van der Waals surface area contributed by atoms with E-state index in [0.29, 0.717) is 13.1 Å². The van der Waals surface area contributed by atoms with Crippen molar-refractivity contribution in [2.75, 3.05) is 33.8 Å². The van der Waals surface area contributed by atoms with Crippen molar-refractivity contribution in [2.24, 2.45) is 4.99 Å². The third kappa shape index (κ3) is 8.28. The molecule has 1 atom stereocenters. The van der Waals surface area contributed by atoms with Crippen molar-refractivity contribution in [1.82, 2.24) is 20.1 Å². The second kappa shape index (κ2) is 14.1. The average Bonchev–Trinajstić information content (AvgIpc) is 3.26. The molecule has 2 heterocycles. The summed E-state index contributed by atoms with van der Waals surface area (Å²) in [4.78, 5) is 14.3. The molecule has 8 heteroatoms. The monoisotopic (exact) mass is 571 g/mol. The van der Waals surface area contributed by atoms with Crippen LogP contribution in [0.2, 0.25) is 0 Å². The number of halogens is 1. The Labute approximate surface area is 214 Å². The van der Waals surface area contributed by atoms with E-state index in [2.05, 4.69) is 58.7 Å². The summed E-state index contributed by atoms with van der Waals surface area (Å²) in [5.41, 5.74) is 3.67. The van der Waals surface area contributed by atoms with E-state index in [-0.39, 0.29) is 30.1 Å². The van der Waals surface area contributed by atoms with Crippen LogP contribution in [0.4, 0.5) is 0 Å². The molecule has 6 nitrogen and oxygen atoms in total. The summed E-state index contributed by atoms with van der Waals surface area (Å²) in [7, 11) is 3.77. The smallest absolute Gasteiger partial charge is 0.194 e. The Balaban J connectivity index is 0.00000363. The normalized spacial score (nSPS) is 15.8. The van der Waals surface area contributed by atoms with E-state index >= 15 is 0 Å². The predicted octanol–water partition coefficient (Wildman–Crippen LogP) is 5.05. The van der Waals surface area contributed by atoms with Crippen molar-refractivity contribution in [3.8, 4) is 0 Å². The van der Waals surface area contributed by atoms with E-state index < -0.39 is 0 Å². The zero-order chi connectivity index (χ0) is 22.1. The molecule has 0 radical (unpaired) electrons. The van der Waals surface area contributed by atoms with Crippen molar-refractivity contribution in [3.05, 3.63) is 51.5 Å². The Morgan fingerprint density at radius 3 is 2.56 bits per heavy atom. The highest BCUT2D eigenvalue weighted by Crippen LogP contribution is 2.21. The van der Waals surface area contributed by atoms with Gasteiger partial charge in [0.15, 0.2) is 5.96 Å². The number of methoxy groups -OCH3 is 1. The molecule has 1 N–H and O–H groups in total. The van der Waals surface area contributed by atoms with Crippen LogP contribution in [0, 0.1) is 0 Å². The fraction of sp³-hybridized carbons (Fsp3) is 0.583. The first-order valence-electron chi connectivity index (χ1n) is 11.4. The van der Waals surface area contributed by atoms with E-state index in [1.165, 1.54) is 43.5 Å². The number of hydrogen-bond donors (Lipinski definition) is 1. The van der Waals surface area contributed by atoms with Gasteiger partial charge >= 0.3 is 0 Å². The highest BCUT2D eigenvalue weighted by Gasteiger charge is 2.13. The molecule has 1 fully saturated rings. The molecule has 0 bridgehead atoms. The van der Waals surface area contributed by atoms with Crippen LogP contribution < -0.4 is 5.32 Å². The summed E-state index contributed by atoms with van der Waals surface area (Å²) >= 11 is 1.65. The fourth-order valence-electron chi connectivity index (χ4n) is 3.76.